The molecule has 0 aromatic carbocycles. The predicted octanol–water partition coefficient (Wildman–Crippen LogP) is 1.15. The van der Waals surface area contributed by atoms with Gasteiger partial charge in [-0.1, -0.05) is 0 Å². The van der Waals surface area contributed by atoms with Crippen molar-refractivity contribution in [2.75, 3.05) is 31.1 Å². The van der Waals surface area contributed by atoms with Gasteiger partial charge in [-0.2, -0.15) is 11.8 Å². The van der Waals surface area contributed by atoms with Crippen LogP contribution in [0.25, 0.3) is 0 Å². The number of piperidine rings is 1. The molecule has 2 aliphatic heterocycles. The molecule has 3 heteroatoms. The van der Waals surface area contributed by atoms with Crippen molar-refractivity contribution in [3.05, 3.63) is 0 Å². The number of rotatable bonds is 1. The first-order valence-electron chi connectivity index (χ1n) is 4.95. The van der Waals surface area contributed by atoms with Gasteiger partial charge in [-0.05, 0) is 19.3 Å². The Hall–Kier alpha value is 0.270. The van der Waals surface area contributed by atoms with Gasteiger partial charge in [-0.3, -0.25) is 4.90 Å². The lowest BCUT2D eigenvalue weighted by atomic mass is 10.1. The molecule has 0 aliphatic carbocycles. The first-order valence-corrected chi connectivity index (χ1v) is 6.11. The second-order valence-electron chi connectivity index (χ2n) is 3.53. The number of nitrogens with zero attached hydrogens (tertiary/aromatic N) is 2. The SMILES string of the molecule is C1CCC(N2CCSCC2)[N]C1. The lowest BCUT2D eigenvalue weighted by Gasteiger charge is -2.35. The topological polar surface area (TPSA) is 17.3 Å². The molecule has 1 atom stereocenters. The first kappa shape index (κ1) is 8.85. The van der Waals surface area contributed by atoms with E-state index in [0.717, 1.165) is 6.54 Å². The summed E-state index contributed by atoms with van der Waals surface area (Å²) in [5.41, 5.74) is 0. The van der Waals surface area contributed by atoms with Crippen LogP contribution in [0.1, 0.15) is 19.3 Å². The lowest BCUT2D eigenvalue weighted by molar-refractivity contribution is 0.147. The Kier molecular flexibility index (Phi) is 3.31. The molecule has 2 aliphatic rings. The van der Waals surface area contributed by atoms with Crippen LogP contribution < -0.4 is 5.32 Å². The summed E-state index contributed by atoms with van der Waals surface area (Å²) in [6.45, 7) is 3.63. The standard InChI is InChI=1S/C9H17N2S/c1-2-4-10-9(3-1)11-5-7-12-8-6-11/h9H,1-8H2. The third kappa shape index (κ3) is 2.15. The Balaban J connectivity index is 1.80. The molecule has 1 radical (unpaired) electrons. The van der Waals surface area contributed by atoms with Crippen LogP contribution in [0.15, 0.2) is 0 Å². The van der Waals surface area contributed by atoms with Gasteiger partial charge in [0, 0.05) is 31.1 Å². The fraction of sp³-hybridized carbons (Fsp3) is 1.00. The minimum atomic E-state index is 0.583. The van der Waals surface area contributed by atoms with Crippen molar-refractivity contribution >= 4 is 11.8 Å². The molecule has 0 amide bonds. The van der Waals surface area contributed by atoms with Gasteiger partial charge in [0.25, 0.3) is 0 Å². The molecule has 2 fully saturated rings. The van der Waals surface area contributed by atoms with Crippen molar-refractivity contribution in [3.63, 3.8) is 0 Å². The van der Waals surface area contributed by atoms with E-state index in [1.807, 2.05) is 0 Å². The van der Waals surface area contributed by atoms with Crippen LogP contribution in [-0.4, -0.2) is 42.2 Å². The molecular weight excluding hydrogens is 168 g/mol. The number of hydrogen-bond donors (Lipinski definition) is 0. The van der Waals surface area contributed by atoms with Crippen molar-refractivity contribution < 1.29 is 0 Å². The van der Waals surface area contributed by atoms with Gasteiger partial charge in [0.05, 0.1) is 6.17 Å². The molecule has 0 saturated carbocycles. The second kappa shape index (κ2) is 4.49. The van der Waals surface area contributed by atoms with Crippen molar-refractivity contribution in [2.24, 2.45) is 0 Å². The molecule has 1 unspecified atom stereocenters. The monoisotopic (exact) mass is 185 g/mol. The van der Waals surface area contributed by atoms with E-state index in [4.69, 9.17) is 0 Å². The van der Waals surface area contributed by atoms with E-state index >= 15 is 0 Å². The highest BCUT2D eigenvalue weighted by molar-refractivity contribution is 7.99. The number of hydrogen-bond acceptors (Lipinski definition) is 2. The summed E-state index contributed by atoms with van der Waals surface area (Å²) in [4.78, 5) is 2.57. The summed E-state index contributed by atoms with van der Waals surface area (Å²) < 4.78 is 0. The average molecular weight is 185 g/mol. The zero-order valence-corrected chi connectivity index (χ0v) is 8.35. The quantitative estimate of drug-likeness (QED) is 0.610. The van der Waals surface area contributed by atoms with Crippen LogP contribution in [0.2, 0.25) is 0 Å². The summed E-state index contributed by atoms with van der Waals surface area (Å²) in [6, 6.07) is 0. The second-order valence-corrected chi connectivity index (χ2v) is 4.76. The maximum atomic E-state index is 4.67. The van der Waals surface area contributed by atoms with E-state index in [0.29, 0.717) is 6.17 Å². The molecule has 0 N–H and O–H groups in total. The zero-order chi connectivity index (χ0) is 8.23. The third-order valence-electron chi connectivity index (χ3n) is 2.68. The van der Waals surface area contributed by atoms with E-state index in [2.05, 4.69) is 22.0 Å². The van der Waals surface area contributed by atoms with E-state index in [1.165, 1.54) is 43.9 Å². The summed E-state index contributed by atoms with van der Waals surface area (Å²) in [6.07, 6.45) is 4.60. The van der Waals surface area contributed by atoms with Gasteiger partial charge in [0.1, 0.15) is 0 Å². The maximum absolute atomic E-state index is 4.67. The molecule has 0 bridgehead atoms. The summed E-state index contributed by atoms with van der Waals surface area (Å²) >= 11 is 2.08. The molecular formula is C9H17N2S. The molecule has 0 aromatic heterocycles. The predicted molar refractivity (Wildman–Crippen MR) is 53.5 cm³/mol. The van der Waals surface area contributed by atoms with Crippen molar-refractivity contribution in [2.45, 2.75) is 25.4 Å². The Morgan fingerprint density at radius 1 is 1.17 bits per heavy atom. The van der Waals surface area contributed by atoms with Gasteiger partial charge in [-0.15, -0.1) is 0 Å². The van der Waals surface area contributed by atoms with Crippen molar-refractivity contribution in [1.82, 2.24) is 10.2 Å². The highest BCUT2D eigenvalue weighted by atomic mass is 32.2. The van der Waals surface area contributed by atoms with Crippen LogP contribution in [0, 0.1) is 0 Å². The summed E-state index contributed by atoms with van der Waals surface area (Å²) in [5.74, 6) is 2.62. The molecule has 2 nitrogen and oxygen atoms in total. The molecule has 69 valence electrons. The van der Waals surface area contributed by atoms with Gasteiger partial charge in [0.15, 0.2) is 0 Å². The normalized spacial score (nSPS) is 33.5. The zero-order valence-electron chi connectivity index (χ0n) is 7.54. The highest BCUT2D eigenvalue weighted by Gasteiger charge is 2.22. The first-order chi connectivity index (χ1) is 5.97. The smallest absolute Gasteiger partial charge is 0.0761 e. The van der Waals surface area contributed by atoms with Crippen LogP contribution in [0.5, 0.6) is 0 Å². The molecule has 2 rings (SSSR count). The largest absolute Gasteiger partial charge is 0.285 e. The Bertz CT molecular complexity index is 112. The van der Waals surface area contributed by atoms with Crippen molar-refractivity contribution in [1.29, 1.82) is 0 Å². The molecule has 0 spiro atoms. The molecule has 2 saturated heterocycles. The van der Waals surface area contributed by atoms with E-state index in [1.54, 1.807) is 0 Å². The Morgan fingerprint density at radius 3 is 2.67 bits per heavy atom. The van der Waals surface area contributed by atoms with E-state index in [9.17, 15) is 0 Å². The van der Waals surface area contributed by atoms with Gasteiger partial charge in [-0.25, -0.2) is 5.32 Å². The Labute approximate surface area is 79.1 Å². The number of thioether (sulfide) groups is 1. The fourth-order valence-corrected chi connectivity index (χ4v) is 2.88. The van der Waals surface area contributed by atoms with E-state index in [-0.39, 0.29) is 0 Å². The highest BCUT2D eigenvalue weighted by Crippen LogP contribution is 2.17. The van der Waals surface area contributed by atoms with Gasteiger partial charge < -0.3 is 0 Å². The Morgan fingerprint density at radius 2 is 2.00 bits per heavy atom. The average Bonchev–Trinajstić information content (AvgIpc) is 2.21. The fourth-order valence-electron chi connectivity index (χ4n) is 1.94. The summed E-state index contributed by atoms with van der Waals surface area (Å²) in [5, 5.41) is 4.67. The third-order valence-corrected chi connectivity index (χ3v) is 3.62. The minimum Gasteiger partial charge on any atom is -0.285 e. The van der Waals surface area contributed by atoms with Crippen LogP contribution in [0.3, 0.4) is 0 Å². The van der Waals surface area contributed by atoms with Crippen molar-refractivity contribution in [3.8, 4) is 0 Å². The molecule has 0 aromatic rings. The van der Waals surface area contributed by atoms with E-state index < -0.39 is 0 Å². The lowest BCUT2D eigenvalue weighted by Crippen LogP contribution is -2.47. The maximum Gasteiger partial charge on any atom is 0.0761 e. The molecule has 12 heavy (non-hydrogen) atoms. The van der Waals surface area contributed by atoms with Crippen LogP contribution >= 0.6 is 11.8 Å². The van der Waals surface area contributed by atoms with Gasteiger partial charge >= 0.3 is 0 Å². The molecule has 2 heterocycles. The van der Waals surface area contributed by atoms with Gasteiger partial charge in [0.2, 0.25) is 0 Å². The minimum absolute atomic E-state index is 0.583. The van der Waals surface area contributed by atoms with Crippen LogP contribution in [-0.2, 0) is 0 Å². The summed E-state index contributed by atoms with van der Waals surface area (Å²) in [7, 11) is 0. The van der Waals surface area contributed by atoms with Crippen LogP contribution in [0.4, 0.5) is 0 Å².